The minimum absolute atomic E-state index is 0.568. The van der Waals surface area contributed by atoms with Gasteiger partial charge >= 0.3 is 0 Å². The van der Waals surface area contributed by atoms with Crippen LogP contribution in [0.15, 0.2) is 30.6 Å². The zero-order valence-corrected chi connectivity index (χ0v) is 13.4. The first-order valence-corrected chi connectivity index (χ1v) is 7.46. The van der Waals surface area contributed by atoms with Crippen LogP contribution in [0, 0.1) is 9.49 Å². The first-order chi connectivity index (χ1) is 9.15. The second-order valence-corrected chi connectivity index (χ2v) is 6.05. The number of aromatic nitrogens is 3. The van der Waals surface area contributed by atoms with Crippen molar-refractivity contribution >= 4 is 22.6 Å². The second kappa shape index (κ2) is 7.00. The Kier molecular flexibility index (Phi) is 5.33. The van der Waals surface area contributed by atoms with E-state index in [2.05, 4.69) is 58.7 Å². The summed E-state index contributed by atoms with van der Waals surface area (Å²) in [5, 5.41) is 4.45. The van der Waals surface area contributed by atoms with E-state index in [4.69, 9.17) is 4.74 Å². The molecule has 102 valence electrons. The molecule has 0 unspecified atom stereocenters. The van der Waals surface area contributed by atoms with Crippen molar-refractivity contribution in [2.75, 3.05) is 13.2 Å². The fourth-order valence-corrected chi connectivity index (χ4v) is 1.97. The quantitative estimate of drug-likeness (QED) is 0.578. The number of hydrogen-bond donors (Lipinski definition) is 0. The standard InChI is InChI=1S/C14H18IN3O/c1-11(2)9-19-8-7-18-10-16-14(17-18)12-3-5-13(15)6-4-12/h3-6,10-11H,7-9H2,1-2H3. The Morgan fingerprint density at radius 1 is 1.26 bits per heavy atom. The summed E-state index contributed by atoms with van der Waals surface area (Å²) in [6.45, 7) is 6.49. The monoisotopic (exact) mass is 371 g/mol. The number of ether oxygens (including phenoxy) is 1. The highest BCUT2D eigenvalue weighted by atomic mass is 127. The SMILES string of the molecule is CC(C)COCCn1cnc(-c2ccc(I)cc2)n1. The van der Waals surface area contributed by atoms with E-state index >= 15 is 0 Å². The van der Waals surface area contributed by atoms with Crippen molar-refractivity contribution < 1.29 is 4.74 Å². The lowest BCUT2D eigenvalue weighted by Crippen LogP contribution is -2.09. The molecule has 0 saturated carbocycles. The Balaban J connectivity index is 1.90. The van der Waals surface area contributed by atoms with Crippen LogP contribution >= 0.6 is 22.6 Å². The van der Waals surface area contributed by atoms with E-state index in [1.54, 1.807) is 6.33 Å². The summed E-state index contributed by atoms with van der Waals surface area (Å²) in [5.41, 5.74) is 1.04. The summed E-state index contributed by atoms with van der Waals surface area (Å²) in [6.07, 6.45) is 1.76. The molecule has 1 aromatic carbocycles. The van der Waals surface area contributed by atoms with Crippen molar-refractivity contribution in [3.05, 3.63) is 34.2 Å². The van der Waals surface area contributed by atoms with Crippen LogP contribution < -0.4 is 0 Å². The zero-order valence-electron chi connectivity index (χ0n) is 11.2. The smallest absolute Gasteiger partial charge is 0.181 e. The van der Waals surface area contributed by atoms with Crippen LogP contribution in [0.5, 0.6) is 0 Å². The van der Waals surface area contributed by atoms with Crippen LogP contribution in [0.2, 0.25) is 0 Å². The molecule has 0 spiro atoms. The van der Waals surface area contributed by atoms with Gasteiger partial charge in [0.05, 0.1) is 13.2 Å². The fraction of sp³-hybridized carbons (Fsp3) is 0.429. The first kappa shape index (κ1) is 14.5. The van der Waals surface area contributed by atoms with E-state index in [1.807, 2.05) is 16.8 Å². The fourth-order valence-electron chi connectivity index (χ4n) is 1.61. The van der Waals surface area contributed by atoms with Gasteiger partial charge in [0, 0.05) is 15.7 Å². The molecule has 2 rings (SSSR count). The van der Waals surface area contributed by atoms with Crippen LogP contribution in [0.3, 0.4) is 0 Å². The molecule has 0 radical (unpaired) electrons. The zero-order chi connectivity index (χ0) is 13.7. The lowest BCUT2D eigenvalue weighted by atomic mass is 10.2. The van der Waals surface area contributed by atoms with Crippen LogP contribution in [0.25, 0.3) is 11.4 Å². The maximum absolute atomic E-state index is 5.54. The van der Waals surface area contributed by atoms with Crippen molar-refractivity contribution in [1.29, 1.82) is 0 Å². The molecular formula is C14H18IN3O. The number of hydrogen-bond acceptors (Lipinski definition) is 3. The van der Waals surface area contributed by atoms with Gasteiger partial charge in [-0.05, 0) is 40.6 Å². The molecule has 0 atom stereocenters. The predicted molar refractivity (Wildman–Crippen MR) is 83.8 cm³/mol. The van der Waals surface area contributed by atoms with Gasteiger partial charge in [-0.15, -0.1) is 0 Å². The molecule has 5 heteroatoms. The molecule has 2 aromatic rings. The molecule has 19 heavy (non-hydrogen) atoms. The molecule has 0 fully saturated rings. The summed E-state index contributed by atoms with van der Waals surface area (Å²) in [6, 6.07) is 8.19. The molecule has 0 aliphatic rings. The van der Waals surface area contributed by atoms with E-state index in [0.29, 0.717) is 12.5 Å². The highest BCUT2D eigenvalue weighted by Crippen LogP contribution is 2.15. The largest absolute Gasteiger partial charge is 0.379 e. The second-order valence-electron chi connectivity index (χ2n) is 4.81. The number of nitrogens with zero attached hydrogens (tertiary/aromatic N) is 3. The highest BCUT2D eigenvalue weighted by molar-refractivity contribution is 14.1. The molecular weight excluding hydrogens is 353 g/mol. The third-order valence-electron chi connectivity index (χ3n) is 2.55. The van der Waals surface area contributed by atoms with E-state index in [0.717, 1.165) is 24.5 Å². The van der Waals surface area contributed by atoms with Crippen molar-refractivity contribution in [3.8, 4) is 11.4 Å². The van der Waals surface area contributed by atoms with Gasteiger partial charge in [-0.3, -0.25) is 4.68 Å². The number of rotatable bonds is 6. The molecule has 4 nitrogen and oxygen atoms in total. The molecule has 0 aliphatic carbocycles. The van der Waals surface area contributed by atoms with Crippen LogP contribution in [0.4, 0.5) is 0 Å². The topological polar surface area (TPSA) is 39.9 Å². The maximum atomic E-state index is 5.54. The molecule has 0 saturated heterocycles. The molecule has 1 heterocycles. The van der Waals surface area contributed by atoms with Crippen LogP contribution in [0.1, 0.15) is 13.8 Å². The molecule has 0 amide bonds. The summed E-state index contributed by atoms with van der Waals surface area (Å²) in [4.78, 5) is 4.32. The van der Waals surface area contributed by atoms with Gasteiger partial charge in [0.25, 0.3) is 0 Å². The maximum Gasteiger partial charge on any atom is 0.181 e. The summed E-state index contributed by atoms with van der Waals surface area (Å²) in [5.74, 6) is 1.33. The van der Waals surface area contributed by atoms with Crippen molar-refractivity contribution in [2.24, 2.45) is 5.92 Å². The van der Waals surface area contributed by atoms with Gasteiger partial charge in [-0.2, -0.15) is 5.10 Å². The summed E-state index contributed by atoms with van der Waals surface area (Å²) < 4.78 is 8.58. The van der Waals surface area contributed by atoms with Crippen molar-refractivity contribution in [3.63, 3.8) is 0 Å². The molecule has 0 N–H and O–H groups in total. The Morgan fingerprint density at radius 2 is 2.00 bits per heavy atom. The average molecular weight is 371 g/mol. The third kappa shape index (κ3) is 4.58. The van der Waals surface area contributed by atoms with Crippen LogP contribution in [-0.4, -0.2) is 28.0 Å². The Hall–Kier alpha value is -0.950. The highest BCUT2D eigenvalue weighted by Gasteiger charge is 2.04. The van der Waals surface area contributed by atoms with Crippen LogP contribution in [-0.2, 0) is 11.3 Å². The predicted octanol–water partition coefficient (Wildman–Crippen LogP) is 3.22. The van der Waals surface area contributed by atoms with Gasteiger partial charge in [-0.1, -0.05) is 26.0 Å². The van der Waals surface area contributed by atoms with E-state index in [-0.39, 0.29) is 0 Å². The van der Waals surface area contributed by atoms with Gasteiger partial charge < -0.3 is 4.74 Å². The minimum atomic E-state index is 0.568. The van der Waals surface area contributed by atoms with Crippen molar-refractivity contribution in [1.82, 2.24) is 14.8 Å². The summed E-state index contributed by atoms with van der Waals surface area (Å²) in [7, 11) is 0. The van der Waals surface area contributed by atoms with E-state index in [1.165, 1.54) is 3.57 Å². The van der Waals surface area contributed by atoms with Gasteiger partial charge in [-0.25, -0.2) is 4.98 Å². The summed E-state index contributed by atoms with van der Waals surface area (Å²) >= 11 is 2.29. The van der Waals surface area contributed by atoms with E-state index < -0.39 is 0 Å². The van der Waals surface area contributed by atoms with Gasteiger partial charge in [0.1, 0.15) is 6.33 Å². The van der Waals surface area contributed by atoms with Gasteiger partial charge in [0.2, 0.25) is 0 Å². The van der Waals surface area contributed by atoms with Crippen molar-refractivity contribution in [2.45, 2.75) is 20.4 Å². The average Bonchev–Trinajstić information content (AvgIpc) is 2.84. The molecule has 0 aliphatic heterocycles. The lowest BCUT2D eigenvalue weighted by Gasteiger charge is -2.06. The number of halogens is 1. The molecule has 1 aromatic heterocycles. The Bertz CT molecular complexity index is 508. The van der Waals surface area contributed by atoms with Gasteiger partial charge in [0.15, 0.2) is 5.82 Å². The normalized spacial score (nSPS) is 11.2. The van der Waals surface area contributed by atoms with E-state index in [9.17, 15) is 0 Å². The number of benzene rings is 1. The Morgan fingerprint density at radius 3 is 2.68 bits per heavy atom. The minimum Gasteiger partial charge on any atom is -0.379 e. The third-order valence-corrected chi connectivity index (χ3v) is 3.27. The lowest BCUT2D eigenvalue weighted by molar-refractivity contribution is 0.101. The Labute approximate surface area is 127 Å². The molecule has 0 bridgehead atoms. The first-order valence-electron chi connectivity index (χ1n) is 6.38.